The van der Waals surface area contributed by atoms with Crippen molar-refractivity contribution in [1.29, 1.82) is 0 Å². The molecule has 1 saturated heterocycles. The number of hydrogen-bond acceptors (Lipinski definition) is 3. The van der Waals surface area contributed by atoms with Gasteiger partial charge in [-0.1, -0.05) is 12.2 Å². The van der Waals surface area contributed by atoms with Gasteiger partial charge in [0.25, 0.3) is 0 Å². The molecule has 0 bridgehead atoms. The summed E-state index contributed by atoms with van der Waals surface area (Å²) in [7, 11) is -2.77. The van der Waals surface area contributed by atoms with E-state index in [0.717, 1.165) is 5.57 Å². The second-order valence-corrected chi connectivity index (χ2v) is 5.86. The summed E-state index contributed by atoms with van der Waals surface area (Å²) in [5, 5.41) is 8.69. The molecule has 0 amide bonds. The minimum Gasteiger partial charge on any atom is -0.396 e. The average Bonchev–Trinajstić information content (AvgIpc) is 2.04. The first-order valence-electron chi connectivity index (χ1n) is 4.54. The Morgan fingerprint density at radius 2 is 1.92 bits per heavy atom. The van der Waals surface area contributed by atoms with Crippen molar-refractivity contribution in [2.75, 3.05) is 18.1 Å². The van der Waals surface area contributed by atoms with E-state index in [2.05, 4.69) is 6.58 Å². The molecule has 0 atom stereocenters. The molecule has 1 aliphatic heterocycles. The fourth-order valence-electron chi connectivity index (χ4n) is 1.65. The molecule has 3 nitrogen and oxygen atoms in total. The van der Waals surface area contributed by atoms with Crippen LogP contribution >= 0.6 is 0 Å². The Morgan fingerprint density at radius 1 is 1.38 bits per heavy atom. The third kappa shape index (κ3) is 3.12. The number of rotatable bonds is 3. The first-order valence-corrected chi connectivity index (χ1v) is 6.36. The van der Waals surface area contributed by atoms with Crippen molar-refractivity contribution in [1.82, 2.24) is 0 Å². The highest BCUT2D eigenvalue weighted by Gasteiger charge is 2.24. The van der Waals surface area contributed by atoms with E-state index in [4.69, 9.17) is 5.11 Å². The van der Waals surface area contributed by atoms with Crippen molar-refractivity contribution in [3.8, 4) is 0 Å². The molecule has 0 aromatic rings. The topological polar surface area (TPSA) is 54.4 Å². The van der Waals surface area contributed by atoms with Crippen LogP contribution in [0.3, 0.4) is 0 Å². The van der Waals surface area contributed by atoms with Gasteiger partial charge in [0.2, 0.25) is 0 Å². The molecule has 4 heteroatoms. The summed E-state index contributed by atoms with van der Waals surface area (Å²) in [5.74, 6) is 0.861. The van der Waals surface area contributed by atoms with Crippen molar-refractivity contribution >= 4 is 9.84 Å². The third-order valence-electron chi connectivity index (χ3n) is 2.56. The van der Waals surface area contributed by atoms with Gasteiger partial charge in [0.15, 0.2) is 0 Å². The molecule has 1 N–H and O–H groups in total. The van der Waals surface area contributed by atoms with E-state index in [0.29, 0.717) is 25.2 Å². The van der Waals surface area contributed by atoms with Crippen LogP contribution in [0.5, 0.6) is 0 Å². The Bertz CT molecular complexity index is 265. The van der Waals surface area contributed by atoms with Crippen molar-refractivity contribution in [3.05, 3.63) is 12.2 Å². The summed E-state index contributed by atoms with van der Waals surface area (Å²) in [4.78, 5) is 0. The van der Waals surface area contributed by atoms with E-state index in [9.17, 15) is 8.42 Å². The summed E-state index contributed by atoms with van der Waals surface area (Å²) in [6.07, 6.45) is 1.97. The largest absolute Gasteiger partial charge is 0.396 e. The van der Waals surface area contributed by atoms with Gasteiger partial charge in [0.1, 0.15) is 9.84 Å². The van der Waals surface area contributed by atoms with Gasteiger partial charge >= 0.3 is 0 Å². The highest BCUT2D eigenvalue weighted by Crippen LogP contribution is 2.26. The molecular formula is C9H16O3S. The first-order chi connectivity index (χ1) is 6.05. The van der Waals surface area contributed by atoms with Crippen LogP contribution in [0.15, 0.2) is 12.2 Å². The van der Waals surface area contributed by atoms with E-state index in [1.54, 1.807) is 0 Å². The van der Waals surface area contributed by atoms with Gasteiger partial charge in [-0.05, 0) is 25.2 Å². The van der Waals surface area contributed by atoms with Crippen molar-refractivity contribution in [3.63, 3.8) is 0 Å². The predicted octanol–water partition coefficient (Wildman–Crippen LogP) is 0.750. The van der Waals surface area contributed by atoms with E-state index >= 15 is 0 Å². The molecule has 0 saturated carbocycles. The van der Waals surface area contributed by atoms with Crippen LogP contribution < -0.4 is 0 Å². The second kappa shape index (κ2) is 4.24. The Hall–Kier alpha value is -0.350. The minimum absolute atomic E-state index is 0.113. The number of hydrogen-bond donors (Lipinski definition) is 1. The van der Waals surface area contributed by atoms with Crippen molar-refractivity contribution in [2.45, 2.75) is 19.3 Å². The van der Waals surface area contributed by atoms with Crippen LogP contribution in [0.4, 0.5) is 0 Å². The zero-order valence-electron chi connectivity index (χ0n) is 7.70. The normalized spacial score (nSPS) is 22.8. The molecule has 0 aromatic carbocycles. The fourth-order valence-corrected chi connectivity index (χ4v) is 3.14. The van der Waals surface area contributed by atoms with Gasteiger partial charge < -0.3 is 5.11 Å². The SMILES string of the molecule is C=C(CCO)C1CCS(=O)(=O)CC1. The Labute approximate surface area is 79.4 Å². The summed E-state index contributed by atoms with van der Waals surface area (Å²) in [5.41, 5.74) is 0.998. The molecular weight excluding hydrogens is 188 g/mol. The lowest BCUT2D eigenvalue weighted by Crippen LogP contribution is -2.24. The fraction of sp³-hybridized carbons (Fsp3) is 0.778. The zero-order valence-corrected chi connectivity index (χ0v) is 8.52. The van der Waals surface area contributed by atoms with Gasteiger partial charge in [-0.15, -0.1) is 0 Å². The van der Waals surface area contributed by atoms with E-state index in [-0.39, 0.29) is 18.1 Å². The maximum atomic E-state index is 11.1. The first kappa shape index (κ1) is 10.7. The quantitative estimate of drug-likeness (QED) is 0.690. The second-order valence-electron chi connectivity index (χ2n) is 3.56. The summed E-state index contributed by atoms with van der Waals surface area (Å²) in [6.45, 7) is 3.97. The highest BCUT2D eigenvalue weighted by atomic mass is 32.2. The van der Waals surface area contributed by atoms with E-state index < -0.39 is 9.84 Å². The number of sulfone groups is 1. The van der Waals surface area contributed by atoms with Crippen molar-refractivity contribution < 1.29 is 13.5 Å². The summed E-state index contributed by atoms with van der Waals surface area (Å²) >= 11 is 0. The lowest BCUT2D eigenvalue weighted by Gasteiger charge is -2.23. The molecule has 0 spiro atoms. The Balaban J connectivity index is 2.45. The molecule has 0 radical (unpaired) electrons. The molecule has 13 heavy (non-hydrogen) atoms. The van der Waals surface area contributed by atoms with Crippen LogP contribution in [0.2, 0.25) is 0 Å². The van der Waals surface area contributed by atoms with Gasteiger partial charge in [-0.3, -0.25) is 0 Å². The average molecular weight is 204 g/mol. The standard InChI is InChI=1S/C9H16O3S/c1-8(2-5-10)9-3-6-13(11,12)7-4-9/h9-10H,1-7H2. The predicted molar refractivity (Wildman–Crippen MR) is 52.2 cm³/mol. The van der Waals surface area contributed by atoms with Crippen LogP contribution in [-0.2, 0) is 9.84 Å². The Kier molecular flexibility index (Phi) is 3.50. The minimum atomic E-state index is -2.77. The maximum Gasteiger partial charge on any atom is 0.150 e. The lowest BCUT2D eigenvalue weighted by molar-refractivity contribution is 0.293. The summed E-state index contributed by atoms with van der Waals surface area (Å²) in [6, 6.07) is 0. The number of aliphatic hydroxyl groups is 1. The van der Waals surface area contributed by atoms with Gasteiger partial charge in [-0.2, -0.15) is 0 Å². The molecule has 0 unspecified atom stereocenters. The van der Waals surface area contributed by atoms with Crippen LogP contribution in [0.1, 0.15) is 19.3 Å². The van der Waals surface area contributed by atoms with Crippen LogP contribution in [0.25, 0.3) is 0 Å². The Morgan fingerprint density at radius 3 is 2.38 bits per heavy atom. The van der Waals surface area contributed by atoms with Crippen LogP contribution in [0, 0.1) is 5.92 Å². The van der Waals surface area contributed by atoms with Gasteiger partial charge in [0.05, 0.1) is 11.5 Å². The molecule has 1 aliphatic rings. The van der Waals surface area contributed by atoms with Crippen LogP contribution in [-0.4, -0.2) is 31.6 Å². The molecule has 0 aromatic heterocycles. The van der Waals surface area contributed by atoms with Gasteiger partial charge in [-0.25, -0.2) is 8.42 Å². The van der Waals surface area contributed by atoms with Gasteiger partial charge in [0, 0.05) is 6.61 Å². The highest BCUT2D eigenvalue weighted by molar-refractivity contribution is 7.91. The zero-order chi connectivity index (χ0) is 9.90. The van der Waals surface area contributed by atoms with E-state index in [1.807, 2.05) is 0 Å². The number of aliphatic hydroxyl groups excluding tert-OH is 1. The molecule has 1 rings (SSSR count). The molecule has 76 valence electrons. The molecule has 0 aliphatic carbocycles. The molecule has 1 fully saturated rings. The lowest BCUT2D eigenvalue weighted by atomic mass is 9.92. The molecule has 1 heterocycles. The monoisotopic (exact) mass is 204 g/mol. The third-order valence-corrected chi connectivity index (χ3v) is 4.28. The van der Waals surface area contributed by atoms with E-state index in [1.165, 1.54) is 0 Å². The smallest absolute Gasteiger partial charge is 0.150 e. The maximum absolute atomic E-state index is 11.1. The van der Waals surface area contributed by atoms with Crippen molar-refractivity contribution in [2.24, 2.45) is 5.92 Å². The summed E-state index contributed by atoms with van der Waals surface area (Å²) < 4.78 is 22.2.